The number of para-hydroxylation sites is 1. The maximum absolute atomic E-state index is 12.1. The molecule has 2 rings (SSSR count). The van der Waals surface area contributed by atoms with Gasteiger partial charge in [0.1, 0.15) is 11.4 Å². The monoisotopic (exact) mass is 275 g/mol. The first kappa shape index (κ1) is 13.6. The number of nitrogens with one attached hydrogen (secondary N) is 2. The lowest BCUT2D eigenvalue weighted by molar-refractivity contribution is -0.384. The molecule has 0 saturated heterocycles. The normalized spacial score (nSPS) is 10.1. The minimum absolute atomic E-state index is 0.141. The third-order valence-corrected chi connectivity index (χ3v) is 2.74. The summed E-state index contributed by atoms with van der Waals surface area (Å²) in [5.41, 5.74) is 0.265. The van der Waals surface area contributed by atoms with Gasteiger partial charge in [0, 0.05) is 13.1 Å². The highest BCUT2D eigenvalue weighted by molar-refractivity contribution is 6.01. The van der Waals surface area contributed by atoms with Crippen LogP contribution in [0.5, 0.6) is 0 Å². The third kappa shape index (κ3) is 2.77. The number of hydrogen-bond acceptors (Lipinski definition) is 5. The van der Waals surface area contributed by atoms with E-state index < -0.39 is 10.8 Å². The van der Waals surface area contributed by atoms with Crippen LogP contribution in [0.4, 0.5) is 11.4 Å². The number of carbonyl (C=O) groups is 1. The quantitative estimate of drug-likeness (QED) is 0.643. The molecule has 1 aromatic heterocycles. The molecule has 0 aliphatic carbocycles. The molecule has 0 fully saturated rings. The van der Waals surface area contributed by atoms with Crippen LogP contribution in [-0.2, 0) is 6.54 Å². The van der Waals surface area contributed by atoms with Crippen LogP contribution < -0.4 is 10.6 Å². The molecule has 0 atom stereocenters. The molecule has 20 heavy (non-hydrogen) atoms. The summed E-state index contributed by atoms with van der Waals surface area (Å²) in [6, 6.07) is 7.78. The Hall–Kier alpha value is -2.83. The van der Waals surface area contributed by atoms with Crippen molar-refractivity contribution in [3.63, 3.8) is 0 Å². The predicted octanol–water partition coefficient (Wildman–Crippen LogP) is 2.16. The van der Waals surface area contributed by atoms with Crippen molar-refractivity contribution in [1.29, 1.82) is 0 Å². The number of carbonyl (C=O) groups excluding carboxylic acids is 1. The van der Waals surface area contributed by atoms with Crippen molar-refractivity contribution < 1.29 is 14.1 Å². The zero-order valence-corrected chi connectivity index (χ0v) is 10.8. The smallest absolute Gasteiger partial charge is 0.293 e. The van der Waals surface area contributed by atoms with Crippen molar-refractivity contribution in [3.05, 3.63) is 58.0 Å². The number of nitro groups is 1. The highest BCUT2D eigenvalue weighted by atomic mass is 16.6. The first-order chi connectivity index (χ1) is 9.63. The molecular weight excluding hydrogens is 262 g/mol. The number of benzene rings is 1. The summed E-state index contributed by atoms with van der Waals surface area (Å²) in [5.74, 6) is 0.198. The molecule has 1 heterocycles. The van der Waals surface area contributed by atoms with E-state index in [1.54, 1.807) is 12.1 Å². The Morgan fingerprint density at radius 2 is 2.15 bits per heavy atom. The maximum atomic E-state index is 12.1. The second kappa shape index (κ2) is 5.87. The van der Waals surface area contributed by atoms with Crippen molar-refractivity contribution in [2.24, 2.45) is 0 Å². The summed E-state index contributed by atoms with van der Waals surface area (Å²) in [6.45, 7) is 0.220. The molecule has 1 amide bonds. The maximum Gasteiger partial charge on any atom is 0.293 e. The van der Waals surface area contributed by atoms with Gasteiger partial charge >= 0.3 is 0 Å². The van der Waals surface area contributed by atoms with Crippen molar-refractivity contribution in [3.8, 4) is 0 Å². The fourth-order valence-corrected chi connectivity index (χ4v) is 1.82. The number of hydrogen-bond donors (Lipinski definition) is 2. The molecule has 0 spiro atoms. The summed E-state index contributed by atoms with van der Waals surface area (Å²) in [5, 5.41) is 16.3. The summed E-state index contributed by atoms with van der Waals surface area (Å²) in [4.78, 5) is 22.5. The average molecular weight is 275 g/mol. The van der Waals surface area contributed by atoms with Gasteiger partial charge in [-0.05, 0) is 18.2 Å². The Morgan fingerprint density at radius 1 is 1.35 bits per heavy atom. The molecular formula is C13H13N3O4. The Kier molecular flexibility index (Phi) is 3.99. The minimum atomic E-state index is -0.533. The molecule has 0 unspecified atom stereocenters. The largest absolute Gasteiger partial charge is 0.467 e. The van der Waals surface area contributed by atoms with Crippen molar-refractivity contribution in [1.82, 2.24) is 5.32 Å². The van der Waals surface area contributed by atoms with Crippen LogP contribution in [-0.4, -0.2) is 17.9 Å². The summed E-state index contributed by atoms with van der Waals surface area (Å²) in [6.07, 6.45) is 1.51. The zero-order chi connectivity index (χ0) is 14.5. The van der Waals surface area contributed by atoms with Crippen LogP contribution in [0, 0.1) is 10.1 Å². The average Bonchev–Trinajstić information content (AvgIpc) is 2.97. The van der Waals surface area contributed by atoms with E-state index in [9.17, 15) is 14.9 Å². The number of rotatable bonds is 5. The van der Waals surface area contributed by atoms with Crippen molar-refractivity contribution in [2.45, 2.75) is 6.54 Å². The molecule has 104 valence electrons. The van der Waals surface area contributed by atoms with E-state index in [-0.39, 0.29) is 23.5 Å². The molecule has 1 aromatic carbocycles. The van der Waals surface area contributed by atoms with Crippen molar-refractivity contribution >= 4 is 17.3 Å². The molecule has 0 aliphatic rings. The summed E-state index contributed by atoms with van der Waals surface area (Å²) < 4.78 is 5.10. The number of furan rings is 1. The second-order valence-corrected chi connectivity index (χ2v) is 3.97. The summed E-state index contributed by atoms with van der Waals surface area (Å²) >= 11 is 0. The minimum Gasteiger partial charge on any atom is -0.467 e. The first-order valence-corrected chi connectivity index (χ1v) is 5.89. The Labute approximate surface area is 114 Å². The molecule has 0 aliphatic heterocycles. The van der Waals surface area contributed by atoms with E-state index in [1.165, 1.54) is 31.5 Å². The number of anilines is 1. The fourth-order valence-electron chi connectivity index (χ4n) is 1.82. The first-order valence-electron chi connectivity index (χ1n) is 5.89. The zero-order valence-electron chi connectivity index (χ0n) is 10.8. The van der Waals surface area contributed by atoms with Gasteiger partial charge in [-0.2, -0.15) is 0 Å². The number of nitro benzene ring substituents is 1. The van der Waals surface area contributed by atoms with Crippen LogP contribution >= 0.6 is 0 Å². The van der Waals surface area contributed by atoms with Gasteiger partial charge in [0.25, 0.3) is 11.6 Å². The Bertz CT molecular complexity index is 623. The highest BCUT2D eigenvalue weighted by Crippen LogP contribution is 2.27. The second-order valence-electron chi connectivity index (χ2n) is 3.97. The lowest BCUT2D eigenvalue weighted by atomic mass is 10.1. The molecule has 7 heteroatoms. The van der Waals surface area contributed by atoms with E-state index in [4.69, 9.17) is 4.42 Å². The molecule has 2 aromatic rings. The van der Waals surface area contributed by atoms with Crippen molar-refractivity contribution in [2.75, 3.05) is 12.4 Å². The van der Waals surface area contributed by atoms with Gasteiger partial charge in [0.15, 0.2) is 0 Å². The van der Waals surface area contributed by atoms with Gasteiger partial charge in [0.05, 0.1) is 23.3 Å². The third-order valence-electron chi connectivity index (χ3n) is 2.74. The standard InChI is InChI=1S/C13H13N3O4/c1-14-12-10(5-2-6-11(12)16(18)19)13(17)15-8-9-4-3-7-20-9/h2-7,14H,8H2,1H3,(H,15,17). The lowest BCUT2D eigenvalue weighted by Gasteiger charge is -2.09. The van der Waals surface area contributed by atoms with Crippen LogP contribution in [0.25, 0.3) is 0 Å². The molecule has 2 N–H and O–H groups in total. The highest BCUT2D eigenvalue weighted by Gasteiger charge is 2.20. The number of amides is 1. The van der Waals surface area contributed by atoms with Gasteiger partial charge in [-0.1, -0.05) is 6.07 Å². The Morgan fingerprint density at radius 3 is 2.75 bits per heavy atom. The van der Waals surface area contributed by atoms with Gasteiger partial charge in [0.2, 0.25) is 0 Å². The van der Waals surface area contributed by atoms with E-state index in [0.29, 0.717) is 5.76 Å². The SMILES string of the molecule is CNc1c(C(=O)NCc2ccco2)cccc1[N+](=O)[O-]. The van der Waals surface area contributed by atoms with E-state index in [0.717, 1.165) is 0 Å². The number of nitrogens with zero attached hydrogens (tertiary/aromatic N) is 1. The molecule has 0 bridgehead atoms. The molecule has 0 saturated carbocycles. The van der Waals surface area contributed by atoms with Gasteiger partial charge in [-0.25, -0.2) is 0 Å². The lowest BCUT2D eigenvalue weighted by Crippen LogP contribution is -2.23. The Balaban J connectivity index is 2.21. The van der Waals surface area contributed by atoms with E-state index in [1.807, 2.05) is 0 Å². The van der Waals surface area contributed by atoms with Crippen LogP contribution in [0.3, 0.4) is 0 Å². The fraction of sp³-hybridized carbons (Fsp3) is 0.154. The predicted molar refractivity (Wildman–Crippen MR) is 72.5 cm³/mol. The summed E-state index contributed by atoms with van der Waals surface area (Å²) in [7, 11) is 1.53. The van der Waals surface area contributed by atoms with E-state index in [2.05, 4.69) is 10.6 Å². The topological polar surface area (TPSA) is 97.4 Å². The van der Waals surface area contributed by atoms with Crippen LogP contribution in [0.2, 0.25) is 0 Å². The van der Waals surface area contributed by atoms with Gasteiger partial charge in [-0.3, -0.25) is 14.9 Å². The van der Waals surface area contributed by atoms with Crippen LogP contribution in [0.1, 0.15) is 16.1 Å². The van der Waals surface area contributed by atoms with Gasteiger partial charge < -0.3 is 15.1 Å². The molecule has 7 nitrogen and oxygen atoms in total. The van der Waals surface area contributed by atoms with Crippen LogP contribution in [0.15, 0.2) is 41.0 Å². The molecule has 0 radical (unpaired) electrons. The van der Waals surface area contributed by atoms with Gasteiger partial charge in [-0.15, -0.1) is 0 Å². The van der Waals surface area contributed by atoms with E-state index >= 15 is 0 Å².